The third kappa shape index (κ3) is 3.74. The summed E-state index contributed by atoms with van der Waals surface area (Å²) in [4.78, 5) is 0. The van der Waals surface area contributed by atoms with E-state index in [4.69, 9.17) is 4.74 Å². The summed E-state index contributed by atoms with van der Waals surface area (Å²) in [7, 11) is 0. The van der Waals surface area contributed by atoms with Crippen molar-refractivity contribution < 1.29 is 4.74 Å². The maximum Gasteiger partial charge on any atom is 0.0592 e. The summed E-state index contributed by atoms with van der Waals surface area (Å²) < 4.78 is 5.63. The van der Waals surface area contributed by atoms with Crippen molar-refractivity contribution in [3.05, 3.63) is 29.8 Å². The van der Waals surface area contributed by atoms with Crippen LogP contribution in [0.15, 0.2) is 24.3 Å². The average molecular weight is 233 g/mol. The maximum atomic E-state index is 5.63. The Morgan fingerprint density at radius 2 is 2.24 bits per heavy atom. The van der Waals surface area contributed by atoms with Crippen LogP contribution in [0.5, 0.6) is 0 Å². The molecule has 1 aromatic carbocycles. The minimum Gasteiger partial charge on any atom is -0.385 e. The number of aryl methyl sites for hydroxylation is 1. The van der Waals surface area contributed by atoms with E-state index in [-0.39, 0.29) is 0 Å². The molecule has 1 fully saturated rings. The van der Waals surface area contributed by atoms with Crippen LogP contribution in [0, 0.1) is 0 Å². The second-order valence-corrected chi connectivity index (χ2v) is 4.76. The Kier molecular flexibility index (Phi) is 4.87. The molecule has 2 heteroatoms. The minimum atomic E-state index is 0.487. The Bertz CT molecular complexity index is 331. The second kappa shape index (κ2) is 6.65. The molecule has 94 valence electrons. The summed E-state index contributed by atoms with van der Waals surface area (Å²) in [5.41, 5.74) is 2.73. The van der Waals surface area contributed by atoms with E-state index >= 15 is 0 Å². The molecule has 0 aromatic heterocycles. The lowest BCUT2D eigenvalue weighted by Crippen LogP contribution is -2.13. The van der Waals surface area contributed by atoms with Gasteiger partial charge < -0.3 is 10.1 Å². The number of anilines is 1. The van der Waals surface area contributed by atoms with Crippen molar-refractivity contribution >= 4 is 5.69 Å². The maximum absolute atomic E-state index is 5.63. The van der Waals surface area contributed by atoms with Crippen LogP contribution in [0.1, 0.15) is 38.2 Å². The van der Waals surface area contributed by atoms with E-state index in [0.717, 1.165) is 26.0 Å². The first kappa shape index (κ1) is 12.4. The molecule has 1 aromatic rings. The molecule has 0 amide bonds. The van der Waals surface area contributed by atoms with Gasteiger partial charge in [0.2, 0.25) is 0 Å². The van der Waals surface area contributed by atoms with Crippen LogP contribution in [0.25, 0.3) is 0 Å². The zero-order chi connectivity index (χ0) is 11.9. The van der Waals surface area contributed by atoms with Crippen molar-refractivity contribution in [1.29, 1.82) is 0 Å². The van der Waals surface area contributed by atoms with Gasteiger partial charge in [-0.05, 0) is 37.3 Å². The molecule has 1 atom stereocenters. The Morgan fingerprint density at radius 3 is 3.00 bits per heavy atom. The third-order valence-electron chi connectivity index (χ3n) is 3.34. The number of hydrogen-bond donors (Lipinski definition) is 1. The highest BCUT2D eigenvalue weighted by molar-refractivity contribution is 5.51. The Morgan fingerprint density at radius 1 is 1.35 bits per heavy atom. The quantitative estimate of drug-likeness (QED) is 0.810. The molecule has 1 heterocycles. The lowest BCUT2D eigenvalue weighted by molar-refractivity contribution is 0.107. The average Bonchev–Trinajstić information content (AvgIpc) is 2.85. The van der Waals surface area contributed by atoms with E-state index in [0.29, 0.717) is 6.10 Å². The molecule has 1 aliphatic heterocycles. The van der Waals surface area contributed by atoms with Crippen molar-refractivity contribution in [2.24, 2.45) is 0 Å². The normalized spacial score (nSPS) is 19.5. The summed E-state index contributed by atoms with van der Waals surface area (Å²) in [6, 6.07) is 8.63. The summed E-state index contributed by atoms with van der Waals surface area (Å²) in [5, 5.41) is 3.54. The standard InChI is InChI=1S/C15H23NO/c1-2-6-13-7-3-4-9-15(13)16-11-10-14-8-5-12-17-14/h3-4,7,9,14,16H,2,5-6,8,10-12H2,1H3. The molecule has 1 unspecified atom stereocenters. The first-order valence-corrected chi connectivity index (χ1v) is 6.83. The van der Waals surface area contributed by atoms with E-state index in [1.807, 2.05) is 0 Å². The van der Waals surface area contributed by atoms with Crippen molar-refractivity contribution in [2.75, 3.05) is 18.5 Å². The fourth-order valence-corrected chi connectivity index (χ4v) is 2.42. The van der Waals surface area contributed by atoms with Gasteiger partial charge >= 0.3 is 0 Å². The predicted octanol–water partition coefficient (Wildman–Crippen LogP) is 3.62. The van der Waals surface area contributed by atoms with Crippen molar-refractivity contribution in [3.63, 3.8) is 0 Å². The fourth-order valence-electron chi connectivity index (χ4n) is 2.42. The van der Waals surface area contributed by atoms with Gasteiger partial charge in [-0.15, -0.1) is 0 Å². The number of rotatable bonds is 6. The van der Waals surface area contributed by atoms with Crippen molar-refractivity contribution in [2.45, 2.75) is 45.1 Å². The van der Waals surface area contributed by atoms with Crippen molar-refractivity contribution in [1.82, 2.24) is 0 Å². The van der Waals surface area contributed by atoms with Crippen LogP contribution in [-0.4, -0.2) is 19.3 Å². The number of benzene rings is 1. The minimum absolute atomic E-state index is 0.487. The van der Waals surface area contributed by atoms with Crippen LogP contribution < -0.4 is 5.32 Å². The van der Waals surface area contributed by atoms with Gasteiger partial charge in [0.15, 0.2) is 0 Å². The molecule has 0 saturated carbocycles. The molecule has 0 spiro atoms. The fraction of sp³-hybridized carbons (Fsp3) is 0.600. The van der Waals surface area contributed by atoms with E-state index < -0.39 is 0 Å². The first-order chi connectivity index (χ1) is 8.40. The SMILES string of the molecule is CCCc1ccccc1NCCC1CCCO1. The van der Waals surface area contributed by atoms with E-state index in [9.17, 15) is 0 Å². The first-order valence-electron chi connectivity index (χ1n) is 6.83. The van der Waals surface area contributed by atoms with Gasteiger partial charge in [-0.3, -0.25) is 0 Å². The van der Waals surface area contributed by atoms with E-state index in [1.165, 1.54) is 30.5 Å². The third-order valence-corrected chi connectivity index (χ3v) is 3.34. The van der Waals surface area contributed by atoms with Crippen LogP contribution in [0.3, 0.4) is 0 Å². The van der Waals surface area contributed by atoms with Gasteiger partial charge in [-0.1, -0.05) is 31.5 Å². The number of para-hydroxylation sites is 1. The molecule has 1 saturated heterocycles. The Hall–Kier alpha value is -1.02. The molecule has 0 radical (unpaired) electrons. The van der Waals surface area contributed by atoms with Gasteiger partial charge in [0.1, 0.15) is 0 Å². The molecular formula is C15H23NO. The molecule has 17 heavy (non-hydrogen) atoms. The van der Waals surface area contributed by atoms with E-state index in [1.54, 1.807) is 0 Å². The number of hydrogen-bond acceptors (Lipinski definition) is 2. The predicted molar refractivity (Wildman–Crippen MR) is 72.5 cm³/mol. The topological polar surface area (TPSA) is 21.3 Å². The van der Waals surface area contributed by atoms with Crippen LogP contribution in [0.4, 0.5) is 5.69 Å². The number of nitrogens with one attached hydrogen (secondary N) is 1. The highest BCUT2D eigenvalue weighted by Crippen LogP contribution is 2.19. The monoisotopic (exact) mass is 233 g/mol. The number of ether oxygens (including phenoxy) is 1. The molecule has 2 nitrogen and oxygen atoms in total. The molecule has 1 aliphatic rings. The lowest BCUT2D eigenvalue weighted by Gasteiger charge is -2.13. The zero-order valence-electron chi connectivity index (χ0n) is 10.7. The van der Waals surface area contributed by atoms with Crippen LogP contribution >= 0.6 is 0 Å². The summed E-state index contributed by atoms with van der Waals surface area (Å²) in [6.07, 6.45) is 6.43. The molecule has 0 aliphatic carbocycles. The molecule has 1 N–H and O–H groups in total. The largest absolute Gasteiger partial charge is 0.385 e. The van der Waals surface area contributed by atoms with E-state index in [2.05, 4.69) is 36.5 Å². The van der Waals surface area contributed by atoms with Gasteiger partial charge in [-0.25, -0.2) is 0 Å². The summed E-state index contributed by atoms with van der Waals surface area (Å²) >= 11 is 0. The Balaban J connectivity index is 1.80. The van der Waals surface area contributed by atoms with Crippen LogP contribution in [0.2, 0.25) is 0 Å². The lowest BCUT2D eigenvalue weighted by atomic mass is 10.1. The Labute approximate surface area is 104 Å². The van der Waals surface area contributed by atoms with Gasteiger partial charge in [-0.2, -0.15) is 0 Å². The van der Waals surface area contributed by atoms with Crippen molar-refractivity contribution in [3.8, 4) is 0 Å². The molecule has 0 bridgehead atoms. The zero-order valence-corrected chi connectivity index (χ0v) is 10.7. The highest BCUT2D eigenvalue weighted by Gasteiger charge is 2.14. The van der Waals surface area contributed by atoms with Gasteiger partial charge in [0.05, 0.1) is 6.10 Å². The van der Waals surface area contributed by atoms with Gasteiger partial charge in [0, 0.05) is 18.8 Å². The highest BCUT2D eigenvalue weighted by atomic mass is 16.5. The second-order valence-electron chi connectivity index (χ2n) is 4.76. The summed E-state index contributed by atoms with van der Waals surface area (Å²) in [5.74, 6) is 0. The molecular weight excluding hydrogens is 210 g/mol. The van der Waals surface area contributed by atoms with Crippen LogP contribution in [-0.2, 0) is 11.2 Å². The summed E-state index contributed by atoms with van der Waals surface area (Å²) in [6.45, 7) is 4.20. The molecule has 2 rings (SSSR count). The smallest absolute Gasteiger partial charge is 0.0592 e. The van der Waals surface area contributed by atoms with Gasteiger partial charge in [0.25, 0.3) is 0 Å².